The van der Waals surface area contributed by atoms with Gasteiger partial charge in [-0.1, -0.05) is 30.3 Å². The third-order valence-corrected chi connectivity index (χ3v) is 2.88. The lowest BCUT2D eigenvalue weighted by Crippen LogP contribution is -2.45. The molecule has 0 aliphatic rings. The van der Waals surface area contributed by atoms with Gasteiger partial charge in [0, 0.05) is 18.0 Å². The molecule has 1 aromatic rings. The van der Waals surface area contributed by atoms with Crippen LogP contribution in [0.5, 0.6) is 0 Å². The predicted octanol–water partition coefficient (Wildman–Crippen LogP) is 2.24. The minimum Gasteiger partial charge on any atom is -0.393 e. The quantitative estimate of drug-likeness (QED) is 0.571. The van der Waals surface area contributed by atoms with Crippen LogP contribution in [0.3, 0.4) is 0 Å². The molecule has 2 atom stereocenters. The van der Waals surface area contributed by atoms with Gasteiger partial charge in [-0.2, -0.15) is 0 Å². The summed E-state index contributed by atoms with van der Waals surface area (Å²) in [5, 5.41) is 12.8. The molecule has 0 aliphatic heterocycles. The molecule has 0 radical (unpaired) electrons. The van der Waals surface area contributed by atoms with Crippen molar-refractivity contribution in [3.8, 4) is 0 Å². The summed E-state index contributed by atoms with van der Waals surface area (Å²) in [4.78, 5) is 4.41. The van der Waals surface area contributed by atoms with Crippen molar-refractivity contribution in [2.45, 2.75) is 51.7 Å². The highest BCUT2D eigenvalue weighted by Crippen LogP contribution is 2.21. The monoisotopic (exact) mass is 277 g/mol. The van der Waals surface area contributed by atoms with Gasteiger partial charge in [0.05, 0.1) is 6.10 Å². The fourth-order valence-corrected chi connectivity index (χ4v) is 2.09. The first-order chi connectivity index (χ1) is 9.28. The zero-order valence-electron chi connectivity index (χ0n) is 12.9. The van der Waals surface area contributed by atoms with E-state index in [0.29, 0.717) is 18.9 Å². The molecule has 20 heavy (non-hydrogen) atoms. The number of benzene rings is 1. The molecule has 4 heteroatoms. The number of aliphatic hydroxyl groups is 1. The molecule has 0 fully saturated rings. The number of nitrogens with zero attached hydrogens (tertiary/aromatic N) is 1. The van der Waals surface area contributed by atoms with Crippen LogP contribution < -0.4 is 11.1 Å². The summed E-state index contributed by atoms with van der Waals surface area (Å²) in [5.41, 5.74) is 6.98. The largest absolute Gasteiger partial charge is 0.393 e. The van der Waals surface area contributed by atoms with Crippen molar-refractivity contribution >= 4 is 5.96 Å². The standard InChI is InChI=1S/C16H27N3O/c1-12(20)10-14(13-8-6-5-7-9-13)11-18-15(17)19-16(2,3)4/h5-9,12,14,20H,10-11H2,1-4H3,(H3,17,18,19). The summed E-state index contributed by atoms with van der Waals surface area (Å²) in [6, 6.07) is 10.1. The lowest BCUT2D eigenvalue weighted by Gasteiger charge is -2.22. The average Bonchev–Trinajstić information content (AvgIpc) is 2.33. The van der Waals surface area contributed by atoms with Gasteiger partial charge >= 0.3 is 0 Å². The van der Waals surface area contributed by atoms with Gasteiger partial charge in [-0.25, -0.2) is 0 Å². The van der Waals surface area contributed by atoms with E-state index in [1.807, 2.05) is 39.0 Å². The second kappa shape index (κ2) is 7.29. The van der Waals surface area contributed by atoms with Gasteiger partial charge in [0.25, 0.3) is 0 Å². The average molecular weight is 277 g/mol. The number of hydrogen-bond acceptors (Lipinski definition) is 2. The second-order valence-electron chi connectivity index (χ2n) is 6.29. The van der Waals surface area contributed by atoms with Crippen LogP contribution in [0.15, 0.2) is 35.3 Å². The first-order valence-electron chi connectivity index (χ1n) is 7.09. The Morgan fingerprint density at radius 2 is 1.90 bits per heavy atom. The molecule has 0 saturated carbocycles. The van der Waals surface area contributed by atoms with Crippen LogP contribution >= 0.6 is 0 Å². The number of rotatable bonds is 5. The summed E-state index contributed by atoms with van der Waals surface area (Å²) in [6.07, 6.45) is 0.322. The summed E-state index contributed by atoms with van der Waals surface area (Å²) in [7, 11) is 0. The molecule has 0 spiro atoms. The maximum absolute atomic E-state index is 9.64. The molecule has 0 heterocycles. The molecule has 0 amide bonds. The number of aliphatic imine (C=N–C) groups is 1. The van der Waals surface area contributed by atoms with E-state index in [0.717, 1.165) is 0 Å². The van der Waals surface area contributed by atoms with Gasteiger partial charge in [0.15, 0.2) is 5.96 Å². The van der Waals surface area contributed by atoms with Crippen LogP contribution in [0.25, 0.3) is 0 Å². The molecule has 112 valence electrons. The Kier molecular flexibility index (Phi) is 6.02. The normalized spacial score (nSPS) is 15.8. The van der Waals surface area contributed by atoms with Crippen molar-refractivity contribution in [1.29, 1.82) is 0 Å². The summed E-state index contributed by atoms with van der Waals surface area (Å²) >= 11 is 0. The number of guanidine groups is 1. The Labute approximate surface area is 122 Å². The molecule has 2 unspecified atom stereocenters. The van der Waals surface area contributed by atoms with E-state index >= 15 is 0 Å². The molecule has 0 aromatic heterocycles. The van der Waals surface area contributed by atoms with Crippen LogP contribution in [-0.4, -0.2) is 29.3 Å². The van der Waals surface area contributed by atoms with Crippen molar-refractivity contribution in [1.82, 2.24) is 5.32 Å². The van der Waals surface area contributed by atoms with Gasteiger partial charge in [0.2, 0.25) is 0 Å². The number of aliphatic hydroxyl groups excluding tert-OH is 1. The zero-order valence-corrected chi connectivity index (χ0v) is 12.9. The van der Waals surface area contributed by atoms with Crippen molar-refractivity contribution in [3.05, 3.63) is 35.9 Å². The van der Waals surface area contributed by atoms with Gasteiger partial charge in [-0.15, -0.1) is 0 Å². The second-order valence-corrected chi connectivity index (χ2v) is 6.29. The Balaban J connectivity index is 2.74. The van der Waals surface area contributed by atoms with E-state index in [2.05, 4.69) is 22.4 Å². The molecule has 4 N–H and O–H groups in total. The molecule has 1 rings (SSSR count). The SMILES string of the molecule is CC(O)CC(CN=C(N)NC(C)(C)C)c1ccccc1. The third kappa shape index (κ3) is 6.57. The first-order valence-corrected chi connectivity index (χ1v) is 7.09. The van der Waals surface area contributed by atoms with E-state index in [9.17, 15) is 5.11 Å². The Morgan fingerprint density at radius 3 is 2.40 bits per heavy atom. The highest BCUT2D eigenvalue weighted by Gasteiger charge is 2.15. The van der Waals surface area contributed by atoms with E-state index in [1.165, 1.54) is 5.56 Å². The summed E-state index contributed by atoms with van der Waals surface area (Å²) < 4.78 is 0. The first kappa shape index (κ1) is 16.5. The Morgan fingerprint density at radius 1 is 1.30 bits per heavy atom. The maximum atomic E-state index is 9.64. The predicted molar refractivity (Wildman–Crippen MR) is 84.9 cm³/mol. The maximum Gasteiger partial charge on any atom is 0.189 e. The topological polar surface area (TPSA) is 70.6 Å². The van der Waals surface area contributed by atoms with Crippen molar-refractivity contribution in [2.75, 3.05) is 6.54 Å². The zero-order chi connectivity index (χ0) is 15.2. The molecule has 4 nitrogen and oxygen atoms in total. The third-order valence-electron chi connectivity index (χ3n) is 2.88. The van der Waals surface area contributed by atoms with Crippen molar-refractivity contribution in [3.63, 3.8) is 0 Å². The van der Waals surface area contributed by atoms with E-state index in [4.69, 9.17) is 5.73 Å². The summed E-state index contributed by atoms with van der Waals surface area (Å²) in [6.45, 7) is 8.50. The number of nitrogens with one attached hydrogen (secondary N) is 1. The molecule has 0 bridgehead atoms. The van der Waals surface area contributed by atoms with Gasteiger partial charge in [0.1, 0.15) is 0 Å². The van der Waals surface area contributed by atoms with Gasteiger partial charge < -0.3 is 16.2 Å². The highest BCUT2D eigenvalue weighted by atomic mass is 16.3. The molecule has 0 saturated heterocycles. The minimum absolute atomic E-state index is 0.0971. The van der Waals surface area contributed by atoms with Crippen LogP contribution in [0.4, 0.5) is 0 Å². The van der Waals surface area contributed by atoms with Crippen LogP contribution in [0, 0.1) is 0 Å². The number of nitrogens with two attached hydrogens (primary N) is 1. The Hall–Kier alpha value is -1.55. The minimum atomic E-state index is -0.354. The van der Waals surface area contributed by atoms with E-state index in [1.54, 1.807) is 6.92 Å². The fourth-order valence-electron chi connectivity index (χ4n) is 2.09. The molecular weight excluding hydrogens is 250 g/mol. The van der Waals surface area contributed by atoms with E-state index in [-0.39, 0.29) is 17.6 Å². The molecular formula is C16H27N3O. The van der Waals surface area contributed by atoms with Gasteiger partial charge in [-0.3, -0.25) is 4.99 Å². The van der Waals surface area contributed by atoms with Crippen molar-refractivity contribution < 1.29 is 5.11 Å². The molecule has 1 aromatic carbocycles. The van der Waals surface area contributed by atoms with Crippen LogP contribution in [0.2, 0.25) is 0 Å². The number of hydrogen-bond donors (Lipinski definition) is 3. The lowest BCUT2D eigenvalue weighted by atomic mass is 9.93. The Bertz CT molecular complexity index is 421. The van der Waals surface area contributed by atoms with E-state index < -0.39 is 0 Å². The molecule has 0 aliphatic carbocycles. The lowest BCUT2D eigenvalue weighted by molar-refractivity contribution is 0.175. The highest BCUT2D eigenvalue weighted by molar-refractivity contribution is 5.78. The smallest absolute Gasteiger partial charge is 0.189 e. The van der Waals surface area contributed by atoms with Crippen LogP contribution in [0.1, 0.15) is 45.6 Å². The van der Waals surface area contributed by atoms with Gasteiger partial charge in [-0.05, 0) is 39.7 Å². The van der Waals surface area contributed by atoms with Crippen LogP contribution in [-0.2, 0) is 0 Å². The van der Waals surface area contributed by atoms with Crippen molar-refractivity contribution in [2.24, 2.45) is 10.7 Å². The summed E-state index contributed by atoms with van der Waals surface area (Å²) in [5.74, 6) is 0.626. The fraction of sp³-hybridized carbons (Fsp3) is 0.562.